The van der Waals surface area contributed by atoms with Crippen molar-refractivity contribution in [3.63, 3.8) is 0 Å². The van der Waals surface area contributed by atoms with Crippen LogP contribution in [0.5, 0.6) is 0 Å². The van der Waals surface area contributed by atoms with Crippen molar-refractivity contribution in [2.45, 2.75) is 0 Å². The molecular weight excluding hydrogens is 221 g/mol. The van der Waals surface area contributed by atoms with Gasteiger partial charge in [-0.2, -0.15) is 0 Å². The molecule has 0 saturated carbocycles. The van der Waals surface area contributed by atoms with Crippen molar-refractivity contribution in [2.24, 2.45) is 21.4 Å². The van der Waals surface area contributed by atoms with E-state index in [1.807, 2.05) is 0 Å². The van der Waals surface area contributed by atoms with Crippen LogP contribution in [0.25, 0.3) is 0 Å². The second-order valence-corrected chi connectivity index (χ2v) is 0.298. The second kappa shape index (κ2) is 225. The molecular formula is N5NaO8. The Labute approximate surface area is 97.7 Å². The van der Waals surface area contributed by atoms with Crippen LogP contribution in [0.1, 0.15) is 0 Å². The number of hydrogen-bond acceptors (Lipinski definition) is 12. The van der Waals surface area contributed by atoms with Gasteiger partial charge in [0.25, 0.3) is 0 Å². The molecule has 0 saturated heterocycles. The summed E-state index contributed by atoms with van der Waals surface area (Å²) in [5.41, 5.74) is 0. The number of rotatable bonds is 0. The van der Waals surface area contributed by atoms with E-state index in [-0.39, 0.29) is 35.7 Å². The standard InChI is InChI=1S/4HNO2.N.Na/c4*2-1-3;;/h4*(H,2,3);;/q;;;;+3;+1/p-4. The Morgan fingerprint density at radius 2 is 0.571 bits per heavy atom. The molecule has 0 unspecified atom stereocenters. The monoisotopic (exact) mass is 221 g/mol. The molecule has 0 aliphatic rings. The van der Waals surface area contributed by atoms with E-state index in [1.54, 1.807) is 0 Å². The molecule has 0 N–H and O–H groups in total. The summed E-state index contributed by atoms with van der Waals surface area (Å²) >= 11 is 0. The fourth-order valence-electron chi connectivity index (χ4n) is 0. The van der Waals surface area contributed by atoms with E-state index in [2.05, 4.69) is 0 Å². The van der Waals surface area contributed by atoms with Gasteiger partial charge in [0.2, 0.25) is 0 Å². The normalized spacial score (nSPS) is 3.43. The van der Waals surface area contributed by atoms with Crippen molar-refractivity contribution in [3.8, 4) is 0 Å². The third kappa shape index (κ3) is 313. The molecule has 0 rings (SSSR count). The van der Waals surface area contributed by atoms with E-state index in [4.69, 9.17) is 40.5 Å². The maximum Gasteiger partial charge on any atom is 3.00 e. The molecule has 0 heterocycles. The Bertz CT molecular complexity index is 71.7. The minimum absolute atomic E-state index is 0. The first-order valence-corrected chi connectivity index (χ1v) is 1.46. The van der Waals surface area contributed by atoms with Crippen molar-refractivity contribution in [3.05, 3.63) is 40.5 Å². The molecule has 0 fully saturated rings. The SMILES string of the molecule is O=N[O-].O=N[O-].O=N[O-].O=N[O-].[N+3].[Na+]. The van der Waals surface area contributed by atoms with Gasteiger partial charge in [-0.05, 0) is 0 Å². The first-order valence-electron chi connectivity index (χ1n) is 1.46. The van der Waals surface area contributed by atoms with Crippen molar-refractivity contribution >= 4 is 0 Å². The Morgan fingerprint density at radius 3 is 0.571 bits per heavy atom. The summed E-state index contributed by atoms with van der Waals surface area (Å²) in [4.78, 5) is 32.0. The van der Waals surface area contributed by atoms with Gasteiger partial charge in [0.1, 0.15) is 0 Å². The number of nitrogens with zero attached hydrogens (tertiary/aromatic N) is 5. The topological polar surface area (TPSA) is 240 Å². The van der Waals surface area contributed by atoms with Crippen LogP contribution in [0.3, 0.4) is 0 Å². The molecule has 2 radical (unpaired) electrons. The quantitative estimate of drug-likeness (QED) is 0.240. The van der Waals surface area contributed by atoms with E-state index >= 15 is 0 Å². The molecule has 14 heteroatoms. The van der Waals surface area contributed by atoms with E-state index in [0.717, 1.165) is 21.4 Å². The summed E-state index contributed by atoms with van der Waals surface area (Å²) < 4.78 is 0. The fraction of sp³-hybridized carbons (Fsp3) is 0. The summed E-state index contributed by atoms with van der Waals surface area (Å²) in [5.74, 6) is 0. The average molecular weight is 221 g/mol. The molecule has 0 aromatic carbocycles. The van der Waals surface area contributed by atoms with Crippen molar-refractivity contribution < 1.29 is 29.6 Å². The van der Waals surface area contributed by atoms with Gasteiger partial charge in [0, 0.05) is 0 Å². The molecule has 13 nitrogen and oxygen atoms in total. The third-order valence-electron chi connectivity index (χ3n) is 0. The Morgan fingerprint density at radius 1 is 0.571 bits per heavy atom. The molecule has 74 valence electrons. The van der Waals surface area contributed by atoms with Crippen LogP contribution in [-0.2, 0) is 0 Å². The van der Waals surface area contributed by atoms with Gasteiger partial charge >= 0.3 is 35.7 Å². The fourth-order valence-corrected chi connectivity index (χ4v) is 0. The van der Waals surface area contributed by atoms with E-state index in [1.165, 1.54) is 0 Å². The zero-order valence-corrected chi connectivity index (χ0v) is 8.50. The summed E-state index contributed by atoms with van der Waals surface area (Å²) in [6.45, 7) is 0. The van der Waals surface area contributed by atoms with Gasteiger partial charge in [-0.3, -0.25) is 0 Å². The molecule has 0 atom stereocenters. The van der Waals surface area contributed by atoms with Crippen molar-refractivity contribution in [2.75, 3.05) is 0 Å². The second-order valence-electron chi connectivity index (χ2n) is 0.298. The Balaban J connectivity index is -0.0000000145. The summed E-state index contributed by atoms with van der Waals surface area (Å²) in [6, 6.07) is 0. The molecule has 0 spiro atoms. The molecule has 0 aromatic rings. The van der Waals surface area contributed by atoms with Crippen LogP contribution < -0.4 is 35.7 Å². The summed E-state index contributed by atoms with van der Waals surface area (Å²) in [5, 5.41) is 36.0. The van der Waals surface area contributed by atoms with Crippen LogP contribution in [0.15, 0.2) is 21.4 Å². The van der Waals surface area contributed by atoms with Crippen LogP contribution in [0.2, 0.25) is 0 Å². The van der Waals surface area contributed by atoms with Crippen LogP contribution in [0.4, 0.5) is 0 Å². The minimum atomic E-state index is 0. The largest absolute Gasteiger partial charge is 3.00 e. The van der Waals surface area contributed by atoms with Gasteiger partial charge in [0.05, 0.1) is 0 Å². The number of hydrogen-bond donors (Lipinski definition) is 0. The summed E-state index contributed by atoms with van der Waals surface area (Å²) in [6.07, 6.45) is 0. The van der Waals surface area contributed by atoms with Gasteiger partial charge in [0.15, 0.2) is 0 Å². The van der Waals surface area contributed by atoms with Crippen LogP contribution >= 0.6 is 0 Å². The smallest absolute Gasteiger partial charge is 0.444 e. The van der Waals surface area contributed by atoms with Crippen molar-refractivity contribution in [1.29, 1.82) is 0 Å². The predicted molar refractivity (Wildman–Crippen MR) is 38.8 cm³/mol. The molecule has 14 heavy (non-hydrogen) atoms. The molecule has 0 aliphatic heterocycles. The zero-order valence-electron chi connectivity index (χ0n) is 6.50. The van der Waals surface area contributed by atoms with Gasteiger partial charge in [-0.1, -0.05) is 0 Å². The first-order chi connectivity index (χ1) is 5.66. The van der Waals surface area contributed by atoms with Gasteiger partial charge < -0.3 is 40.5 Å². The molecule has 0 amide bonds. The Kier molecular flexibility index (Phi) is 636. The van der Waals surface area contributed by atoms with Crippen LogP contribution in [-0.4, -0.2) is 0 Å². The average Bonchev–Trinajstić information content (AvgIpc) is 1.92. The van der Waals surface area contributed by atoms with Crippen LogP contribution in [0, 0.1) is 40.5 Å². The van der Waals surface area contributed by atoms with Crippen molar-refractivity contribution in [1.82, 2.24) is 6.15 Å². The van der Waals surface area contributed by atoms with E-state index in [0.29, 0.717) is 0 Å². The Hall–Kier alpha value is -1.69. The molecule has 0 aromatic heterocycles. The molecule has 0 bridgehead atoms. The van der Waals surface area contributed by atoms with Gasteiger partial charge in [-0.15, -0.1) is 21.4 Å². The van der Waals surface area contributed by atoms with E-state index < -0.39 is 0 Å². The first kappa shape index (κ1) is 39.5. The predicted octanol–water partition coefficient (Wildman–Crippen LogP) is -2.47. The van der Waals surface area contributed by atoms with E-state index in [9.17, 15) is 0 Å². The van der Waals surface area contributed by atoms with Gasteiger partial charge in [-0.25, -0.2) is 0 Å². The third-order valence-corrected chi connectivity index (χ3v) is 0. The zero-order chi connectivity index (χ0) is 10.8. The molecule has 0 aliphatic carbocycles. The summed E-state index contributed by atoms with van der Waals surface area (Å²) in [7, 11) is 0. The maximum absolute atomic E-state index is 8.00. The maximum atomic E-state index is 8.00. The minimum Gasteiger partial charge on any atom is -0.444 e.